The Kier molecular flexibility index (Phi) is 5.46. The van der Waals surface area contributed by atoms with Gasteiger partial charge >= 0.3 is 0 Å². The molecular weight excluding hydrogens is 352 g/mol. The van der Waals surface area contributed by atoms with E-state index in [-0.39, 0.29) is 12.1 Å². The molecule has 1 aliphatic rings. The summed E-state index contributed by atoms with van der Waals surface area (Å²) in [5.74, 6) is 0. The number of nitrogens with one attached hydrogen (secondary N) is 1. The van der Waals surface area contributed by atoms with Crippen LogP contribution in [0.2, 0.25) is 0 Å². The van der Waals surface area contributed by atoms with Crippen molar-refractivity contribution in [3.8, 4) is 0 Å². The number of halogens is 1. The SMILES string of the molecule is Cc1cc(S(=O)(=O)N(CC2CCCN2)C(C)C)ccc1Br. The summed E-state index contributed by atoms with van der Waals surface area (Å²) in [4.78, 5) is 0.370. The lowest BCUT2D eigenvalue weighted by Crippen LogP contribution is -2.44. The third-order valence-electron chi connectivity index (χ3n) is 3.87. The van der Waals surface area contributed by atoms with Gasteiger partial charge in [-0.3, -0.25) is 0 Å². The Labute approximate surface area is 136 Å². The first-order valence-electron chi connectivity index (χ1n) is 7.33. The van der Waals surface area contributed by atoms with Crippen LogP contribution in [0.25, 0.3) is 0 Å². The third-order valence-corrected chi connectivity index (χ3v) is 6.80. The standard InChI is InChI=1S/C15H23BrN2O2S/c1-11(2)18(10-13-5-4-8-17-13)21(19,20)14-6-7-15(16)12(3)9-14/h6-7,9,11,13,17H,4-5,8,10H2,1-3H3. The Morgan fingerprint density at radius 3 is 2.67 bits per heavy atom. The first-order valence-corrected chi connectivity index (χ1v) is 9.57. The zero-order valence-corrected chi connectivity index (χ0v) is 15.2. The smallest absolute Gasteiger partial charge is 0.243 e. The van der Waals surface area contributed by atoms with Crippen LogP contribution in [-0.4, -0.2) is 37.9 Å². The second-order valence-electron chi connectivity index (χ2n) is 5.87. The van der Waals surface area contributed by atoms with Gasteiger partial charge in [-0.1, -0.05) is 15.9 Å². The van der Waals surface area contributed by atoms with Gasteiger partial charge in [0.2, 0.25) is 10.0 Å². The molecule has 1 aliphatic heterocycles. The Hall–Kier alpha value is -0.430. The fraction of sp³-hybridized carbons (Fsp3) is 0.600. The van der Waals surface area contributed by atoms with Crippen molar-refractivity contribution in [1.82, 2.24) is 9.62 Å². The number of hydrogen-bond donors (Lipinski definition) is 1. The van der Waals surface area contributed by atoms with Crippen molar-refractivity contribution >= 4 is 26.0 Å². The molecule has 21 heavy (non-hydrogen) atoms. The fourth-order valence-corrected chi connectivity index (χ4v) is 4.64. The molecule has 118 valence electrons. The summed E-state index contributed by atoms with van der Waals surface area (Å²) < 4.78 is 28.4. The summed E-state index contributed by atoms with van der Waals surface area (Å²) in [7, 11) is -3.45. The number of rotatable bonds is 5. The molecule has 2 rings (SSSR count). The summed E-state index contributed by atoms with van der Waals surface area (Å²) >= 11 is 3.41. The molecule has 0 amide bonds. The predicted molar refractivity (Wildman–Crippen MR) is 88.9 cm³/mol. The van der Waals surface area contributed by atoms with Gasteiger partial charge in [0, 0.05) is 23.1 Å². The van der Waals surface area contributed by atoms with E-state index in [2.05, 4.69) is 21.2 Å². The highest BCUT2D eigenvalue weighted by Gasteiger charge is 2.30. The molecule has 0 radical (unpaired) electrons. The number of sulfonamides is 1. The van der Waals surface area contributed by atoms with E-state index in [1.165, 1.54) is 0 Å². The first kappa shape index (κ1) is 16.9. The van der Waals surface area contributed by atoms with Crippen molar-refractivity contribution in [2.24, 2.45) is 0 Å². The molecule has 0 saturated carbocycles. The van der Waals surface area contributed by atoms with Crippen LogP contribution < -0.4 is 5.32 Å². The van der Waals surface area contributed by atoms with E-state index in [0.717, 1.165) is 29.4 Å². The third kappa shape index (κ3) is 3.86. The summed E-state index contributed by atoms with van der Waals surface area (Å²) in [6.45, 7) is 7.28. The van der Waals surface area contributed by atoms with Gasteiger partial charge < -0.3 is 5.32 Å². The Balaban J connectivity index is 2.30. The van der Waals surface area contributed by atoms with Crippen LogP contribution in [-0.2, 0) is 10.0 Å². The lowest BCUT2D eigenvalue weighted by atomic mass is 10.2. The topological polar surface area (TPSA) is 49.4 Å². The second-order valence-corrected chi connectivity index (χ2v) is 8.62. The molecule has 1 heterocycles. The quantitative estimate of drug-likeness (QED) is 0.861. The van der Waals surface area contributed by atoms with Crippen molar-refractivity contribution in [2.75, 3.05) is 13.1 Å². The Morgan fingerprint density at radius 2 is 2.14 bits per heavy atom. The number of benzene rings is 1. The Bertz CT molecular complexity index is 596. The van der Waals surface area contributed by atoms with Gasteiger partial charge in [-0.05, 0) is 63.9 Å². The average Bonchev–Trinajstić information content (AvgIpc) is 2.91. The number of hydrogen-bond acceptors (Lipinski definition) is 3. The zero-order chi connectivity index (χ0) is 15.6. The minimum atomic E-state index is -3.45. The van der Waals surface area contributed by atoms with E-state index >= 15 is 0 Å². The molecule has 6 heteroatoms. The van der Waals surface area contributed by atoms with E-state index < -0.39 is 10.0 Å². The normalized spacial score (nSPS) is 19.6. The maximum atomic E-state index is 12.9. The molecular formula is C15H23BrN2O2S. The van der Waals surface area contributed by atoms with Crippen LogP contribution in [0.1, 0.15) is 32.3 Å². The van der Waals surface area contributed by atoms with Gasteiger partial charge in [0.05, 0.1) is 4.90 Å². The van der Waals surface area contributed by atoms with E-state index in [1.54, 1.807) is 22.5 Å². The maximum Gasteiger partial charge on any atom is 0.243 e. The molecule has 1 aromatic carbocycles. The second kappa shape index (κ2) is 6.77. The highest BCUT2D eigenvalue weighted by atomic mass is 79.9. The largest absolute Gasteiger partial charge is 0.313 e. The molecule has 1 aromatic rings. The van der Waals surface area contributed by atoms with Crippen LogP contribution >= 0.6 is 15.9 Å². The monoisotopic (exact) mass is 374 g/mol. The zero-order valence-electron chi connectivity index (χ0n) is 12.8. The lowest BCUT2D eigenvalue weighted by molar-refractivity contribution is 0.322. The molecule has 1 atom stereocenters. The molecule has 0 spiro atoms. The first-order chi connectivity index (χ1) is 9.82. The van der Waals surface area contributed by atoms with Gasteiger partial charge in [0.15, 0.2) is 0 Å². The van der Waals surface area contributed by atoms with Crippen LogP contribution in [0.4, 0.5) is 0 Å². The van der Waals surface area contributed by atoms with Gasteiger partial charge in [-0.15, -0.1) is 0 Å². The minimum absolute atomic E-state index is 0.0543. The van der Waals surface area contributed by atoms with E-state index in [1.807, 2.05) is 20.8 Å². The number of aryl methyl sites for hydroxylation is 1. The lowest BCUT2D eigenvalue weighted by Gasteiger charge is -2.28. The van der Waals surface area contributed by atoms with Crippen LogP contribution in [0.3, 0.4) is 0 Å². The van der Waals surface area contributed by atoms with E-state index in [4.69, 9.17) is 0 Å². The summed E-state index contributed by atoms with van der Waals surface area (Å²) in [5.41, 5.74) is 0.929. The number of nitrogens with zero attached hydrogens (tertiary/aromatic N) is 1. The highest BCUT2D eigenvalue weighted by molar-refractivity contribution is 9.10. The van der Waals surface area contributed by atoms with Gasteiger partial charge in [0.25, 0.3) is 0 Å². The van der Waals surface area contributed by atoms with Crippen LogP contribution in [0.5, 0.6) is 0 Å². The minimum Gasteiger partial charge on any atom is -0.313 e. The van der Waals surface area contributed by atoms with Gasteiger partial charge in [-0.2, -0.15) is 4.31 Å². The van der Waals surface area contributed by atoms with E-state index in [9.17, 15) is 8.42 Å². The van der Waals surface area contributed by atoms with Gasteiger partial charge in [0.1, 0.15) is 0 Å². The molecule has 1 unspecified atom stereocenters. The predicted octanol–water partition coefficient (Wildman–Crippen LogP) is 2.91. The van der Waals surface area contributed by atoms with E-state index in [0.29, 0.717) is 11.4 Å². The van der Waals surface area contributed by atoms with Crippen LogP contribution in [0.15, 0.2) is 27.6 Å². The maximum absolute atomic E-state index is 12.9. The molecule has 4 nitrogen and oxygen atoms in total. The van der Waals surface area contributed by atoms with Crippen molar-refractivity contribution in [3.05, 3.63) is 28.2 Å². The van der Waals surface area contributed by atoms with Crippen LogP contribution in [0, 0.1) is 6.92 Å². The highest BCUT2D eigenvalue weighted by Crippen LogP contribution is 2.24. The van der Waals surface area contributed by atoms with Crippen molar-refractivity contribution in [3.63, 3.8) is 0 Å². The molecule has 1 N–H and O–H groups in total. The van der Waals surface area contributed by atoms with Crippen molar-refractivity contribution < 1.29 is 8.42 Å². The van der Waals surface area contributed by atoms with Crippen molar-refractivity contribution in [2.45, 2.75) is 50.6 Å². The summed E-state index contributed by atoms with van der Waals surface area (Å²) in [6.07, 6.45) is 2.16. The average molecular weight is 375 g/mol. The molecule has 0 aromatic heterocycles. The van der Waals surface area contributed by atoms with Crippen molar-refractivity contribution in [1.29, 1.82) is 0 Å². The summed E-state index contributed by atoms with van der Waals surface area (Å²) in [6, 6.07) is 5.41. The molecule has 0 aliphatic carbocycles. The molecule has 1 fully saturated rings. The Morgan fingerprint density at radius 1 is 1.43 bits per heavy atom. The fourth-order valence-electron chi connectivity index (χ4n) is 2.63. The summed E-state index contributed by atoms with van der Waals surface area (Å²) in [5, 5.41) is 3.37. The molecule has 1 saturated heterocycles. The van der Waals surface area contributed by atoms with Gasteiger partial charge in [-0.25, -0.2) is 8.42 Å². The molecule has 0 bridgehead atoms.